The number of rotatable bonds is 5. The average molecular weight is 305 g/mol. The van der Waals surface area contributed by atoms with Gasteiger partial charge in [-0.1, -0.05) is 24.3 Å². The number of nitrogens with one attached hydrogen (secondary N) is 2. The Hall–Kier alpha value is -1.92. The van der Waals surface area contributed by atoms with Crippen LogP contribution in [0.4, 0.5) is 0 Å². The summed E-state index contributed by atoms with van der Waals surface area (Å²) in [6.45, 7) is 6.74. The molecular weight excluding hydrogens is 282 g/mol. The van der Waals surface area contributed by atoms with Gasteiger partial charge < -0.3 is 15.4 Å². The number of amides is 2. The number of carbonyl (C=O) groups is 2. The largest absolute Gasteiger partial charge is 0.379 e. The van der Waals surface area contributed by atoms with Crippen LogP contribution < -0.4 is 10.6 Å². The molecule has 2 N–H and O–H groups in total. The zero-order chi connectivity index (χ0) is 15.8. The summed E-state index contributed by atoms with van der Waals surface area (Å²) in [4.78, 5) is 25.7. The second kappa shape index (κ2) is 8.51. The minimum absolute atomic E-state index is 0.363. The van der Waals surface area contributed by atoms with Crippen molar-refractivity contribution in [3.8, 4) is 0 Å². The molecule has 0 unspecified atom stereocenters. The minimum Gasteiger partial charge on any atom is -0.379 e. The Kier molecular flexibility index (Phi) is 6.36. The third kappa shape index (κ3) is 5.13. The standard InChI is InChI=1S/C16H23N3O3/c1-13-4-2-3-5-14(13)12-18-16(21)15(20)17-6-7-19-8-10-22-11-9-19/h2-5H,6-12H2,1H3,(H,17,20)(H,18,21). The molecule has 0 spiro atoms. The van der Waals surface area contributed by atoms with E-state index in [9.17, 15) is 9.59 Å². The highest BCUT2D eigenvalue weighted by molar-refractivity contribution is 6.35. The zero-order valence-corrected chi connectivity index (χ0v) is 12.9. The third-order valence-corrected chi connectivity index (χ3v) is 3.72. The summed E-state index contributed by atoms with van der Waals surface area (Å²) < 4.78 is 5.26. The van der Waals surface area contributed by atoms with Crippen LogP contribution in [0.3, 0.4) is 0 Å². The topological polar surface area (TPSA) is 70.7 Å². The molecule has 2 amide bonds. The lowest BCUT2D eigenvalue weighted by Gasteiger charge is -2.26. The summed E-state index contributed by atoms with van der Waals surface area (Å²) >= 11 is 0. The summed E-state index contributed by atoms with van der Waals surface area (Å²) in [5.41, 5.74) is 2.10. The van der Waals surface area contributed by atoms with Crippen LogP contribution in [0.1, 0.15) is 11.1 Å². The van der Waals surface area contributed by atoms with Crippen LogP contribution in [0.2, 0.25) is 0 Å². The second-order valence-corrected chi connectivity index (χ2v) is 5.32. The van der Waals surface area contributed by atoms with E-state index in [1.165, 1.54) is 0 Å². The van der Waals surface area contributed by atoms with Gasteiger partial charge in [0.25, 0.3) is 0 Å². The molecule has 0 atom stereocenters. The normalized spacial score (nSPS) is 15.3. The van der Waals surface area contributed by atoms with E-state index in [4.69, 9.17) is 4.74 Å². The van der Waals surface area contributed by atoms with Crippen LogP contribution in [0.15, 0.2) is 24.3 Å². The number of carbonyl (C=O) groups excluding carboxylic acids is 2. The molecule has 2 rings (SSSR count). The van der Waals surface area contributed by atoms with Gasteiger partial charge in [-0.25, -0.2) is 0 Å². The first kappa shape index (κ1) is 16.5. The van der Waals surface area contributed by atoms with Gasteiger partial charge in [-0.2, -0.15) is 0 Å². The van der Waals surface area contributed by atoms with Gasteiger partial charge in [0.1, 0.15) is 0 Å². The molecule has 1 aromatic carbocycles. The Morgan fingerprint density at radius 1 is 1.14 bits per heavy atom. The van der Waals surface area contributed by atoms with E-state index in [1.54, 1.807) is 0 Å². The van der Waals surface area contributed by atoms with Crippen LogP contribution in [-0.4, -0.2) is 56.1 Å². The van der Waals surface area contributed by atoms with Crippen molar-refractivity contribution in [2.75, 3.05) is 39.4 Å². The van der Waals surface area contributed by atoms with Crippen molar-refractivity contribution < 1.29 is 14.3 Å². The lowest BCUT2D eigenvalue weighted by molar-refractivity contribution is -0.139. The molecule has 0 aliphatic carbocycles. The highest BCUT2D eigenvalue weighted by Crippen LogP contribution is 2.05. The molecule has 1 heterocycles. The maximum atomic E-state index is 11.8. The fourth-order valence-corrected chi connectivity index (χ4v) is 2.30. The summed E-state index contributed by atoms with van der Waals surface area (Å²) in [6.07, 6.45) is 0. The molecule has 1 fully saturated rings. The van der Waals surface area contributed by atoms with Crippen molar-refractivity contribution in [3.05, 3.63) is 35.4 Å². The second-order valence-electron chi connectivity index (χ2n) is 5.32. The lowest BCUT2D eigenvalue weighted by Crippen LogP contribution is -2.45. The number of morpholine rings is 1. The van der Waals surface area contributed by atoms with Gasteiger partial charge >= 0.3 is 11.8 Å². The third-order valence-electron chi connectivity index (χ3n) is 3.72. The van der Waals surface area contributed by atoms with E-state index in [0.29, 0.717) is 13.1 Å². The van der Waals surface area contributed by atoms with Crippen molar-refractivity contribution in [2.45, 2.75) is 13.5 Å². The van der Waals surface area contributed by atoms with Crippen LogP contribution in [-0.2, 0) is 20.9 Å². The van der Waals surface area contributed by atoms with Crippen molar-refractivity contribution in [2.24, 2.45) is 0 Å². The fourth-order valence-electron chi connectivity index (χ4n) is 2.30. The number of hydrogen-bond acceptors (Lipinski definition) is 4. The van der Waals surface area contributed by atoms with E-state index in [0.717, 1.165) is 44.0 Å². The number of nitrogens with zero attached hydrogens (tertiary/aromatic N) is 1. The molecule has 1 aromatic rings. The lowest BCUT2D eigenvalue weighted by atomic mass is 10.1. The Morgan fingerprint density at radius 3 is 2.55 bits per heavy atom. The summed E-state index contributed by atoms with van der Waals surface area (Å²) in [6, 6.07) is 7.77. The number of aryl methyl sites for hydroxylation is 1. The van der Waals surface area contributed by atoms with Gasteiger partial charge in [0.2, 0.25) is 0 Å². The molecule has 1 aliphatic heterocycles. The summed E-state index contributed by atoms with van der Waals surface area (Å²) in [7, 11) is 0. The van der Waals surface area contributed by atoms with Crippen LogP contribution in [0.5, 0.6) is 0 Å². The van der Waals surface area contributed by atoms with Crippen molar-refractivity contribution in [1.29, 1.82) is 0 Å². The van der Waals surface area contributed by atoms with Gasteiger partial charge in [0.15, 0.2) is 0 Å². The molecule has 0 aromatic heterocycles. The number of hydrogen-bond donors (Lipinski definition) is 2. The number of benzene rings is 1. The Balaban J connectivity index is 1.66. The van der Waals surface area contributed by atoms with Crippen LogP contribution >= 0.6 is 0 Å². The van der Waals surface area contributed by atoms with Crippen LogP contribution in [0, 0.1) is 6.92 Å². The zero-order valence-electron chi connectivity index (χ0n) is 12.9. The molecular formula is C16H23N3O3. The molecule has 0 radical (unpaired) electrons. The number of ether oxygens (including phenoxy) is 1. The van der Waals surface area contributed by atoms with E-state index in [2.05, 4.69) is 15.5 Å². The first-order chi connectivity index (χ1) is 10.7. The quantitative estimate of drug-likeness (QED) is 0.755. The van der Waals surface area contributed by atoms with Gasteiger partial charge in [0, 0.05) is 32.7 Å². The molecule has 1 saturated heterocycles. The van der Waals surface area contributed by atoms with Gasteiger partial charge in [0.05, 0.1) is 13.2 Å². The molecule has 0 bridgehead atoms. The first-order valence-electron chi connectivity index (χ1n) is 7.57. The van der Waals surface area contributed by atoms with Crippen molar-refractivity contribution in [3.63, 3.8) is 0 Å². The molecule has 6 heteroatoms. The van der Waals surface area contributed by atoms with E-state index in [1.807, 2.05) is 31.2 Å². The summed E-state index contributed by atoms with van der Waals surface area (Å²) in [5.74, 6) is -1.17. The predicted molar refractivity (Wildman–Crippen MR) is 83.3 cm³/mol. The van der Waals surface area contributed by atoms with E-state index in [-0.39, 0.29) is 0 Å². The molecule has 1 aliphatic rings. The predicted octanol–water partition coefficient (Wildman–Crippen LogP) is 0.0596. The van der Waals surface area contributed by atoms with Gasteiger partial charge in [-0.05, 0) is 18.1 Å². The summed E-state index contributed by atoms with van der Waals surface area (Å²) in [5, 5.41) is 5.29. The van der Waals surface area contributed by atoms with Gasteiger partial charge in [-0.15, -0.1) is 0 Å². The molecule has 22 heavy (non-hydrogen) atoms. The minimum atomic E-state index is -0.592. The molecule has 120 valence electrons. The Morgan fingerprint density at radius 2 is 1.82 bits per heavy atom. The van der Waals surface area contributed by atoms with Crippen LogP contribution in [0.25, 0.3) is 0 Å². The highest BCUT2D eigenvalue weighted by Gasteiger charge is 2.14. The first-order valence-corrected chi connectivity index (χ1v) is 7.57. The van der Waals surface area contributed by atoms with E-state index < -0.39 is 11.8 Å². The Bertz CT molecular complexity index is 513. The SMILES string of the molecule is Cc1ccccc1CNC(=O)C(=O)NCCN1CCOCC1. The van der Waals surface area contributed by atoms with E-state index >= 15 is 0 Å². The maximum absolute atomic E-state index is 11.8. The molecule has 0 saturated carbocycles. The fraction of sp³-hybridized carbons (Fsp3) is 0.500. The molecule has 6 nitrogen and oxygen atoms in total. The maximum Gasteiger partial charge on any atom is 0.309 e. The van der Waals surface area contributed by atoms with Crippen molar-refractivity contribution >= 4 is 11.8 Å². The van der Waals surface area contributed by atoms with Gasteiger partial charge in [-0.3, -0.25) is 14.5 Å². The monoisotopic (exact) mass is 305 g/mol. The Labute approximate surface area is 130 Å². The average Bonchev–Trinajstić information content (AvgIpc) is 2.54. The smallest absolute Gasteiger partial charge is 0.309 e. The highest BCUT2D eigenvalue weighted by atomic mass is 16.5. The van der Waals surface area contributed by atoms with Crippen molar-refractivity contribution in [1.82, 2.24) is 15.5 Å².